The average molecular weight is 351 g/mol. The molecule has 1 aromatic carbocycles. The standard InChI is InChI=1S/C18H14FN5O2/c1-11-14(13-8-12(26-2)4-5-15(13)19)9-23-10-22-24(17(25)16(11)23)18-20-6-3-7-21-18/h3-10H,1-2H3. The van der Waals surface area contributed by atoms with Crippen LogP contribution in [0.25, 0.3) is 22.6 Å². The SMILES string of the molecule is COc1ccc(F)c(-c2cn3cnn(-c4ncccn4)c(=O)c3c2C)c1. The average Bonchev–Trinajstić information content (AvgIpc) is 3.00. The number of halogens is 1. The first-order chi connectivity index (χ1) is 12.6. The van der Waals surface area contributed by atoms with Crippen molar-refractivity contribution in [3.05, 3.63) is 70.9 Å². The predicted octanol–water partition coefficient (Wildman–Crippen LogP) is 2.40. The van der Waals surface area contributed by atoms with E-state index in [1.165, 1.54) is 31.9 Å². The second kappa shape index (κ2) is 6.07. The van der Waals surface area contributed by atoms with E-state index < -0.39 is 5.82 Å². The number of hydrogen-bond acceptors (Lipinski definition) is 5. The molecule has 3 heterocycles. The van der Waals surface area contributed by atoms with Crippen LogP contribution in [0.3, 0.4) is 0 Å². The highest BCUT2D eigenvalue weighted by Crippen LogP contribution is 2.31. The zero-order chi connectivity index (χ0) is 18.3. The molecular formula is C18H14FN5O2. The first kappa shape index (κ1) is 15.9. The minimum atomic E-state index is -0.399. The Morgan fingerprint density at radius 1 is 1.15 bits per heavy atom. The summed E-state index contributed by atoms with van der Waals surface area (Å²) >= 11 is 0. The van der Waals surface area contributed by atoms with Crippen molar-refractivity contribution in [2.24, 2.45) is 0 Å². The first-order valence-electron chi connectivity index (χ1n) is 7.81. The van der Waals surface area contributed by atoms with Crippen LogP contribution < -0.4 is 10.3 Å². The minimum Gasteiger partial charge on any atom is -0.497 e. The molecule has 3 aromatic heterocycles. The molecule has 0 radical (unpaired) electrons. The highest BCUT2D eigenvalue weighted by molar-refractivity contribution is 5.76. The molecule has 0 unspecified atom stereocenters. The highest BCUT2D eigenvalue weighted by atomic mass is 19.1. The molecule has 0 saturated carbocycles. The lowest BCUT2D eigenvalue weighted by molar-refractivity contribution is 0.414. The van der Waals surface area contributed by atoms with Gasteiger partial charge in [-0.25, -0.2) is 14.4 Å². The van der Waals surface area contributed by atoms with E-state index in [2.05, 4.69) is 15.1 Å². The minimum absolute atomic E-state index is 0.176. The summed E-state index contributed by atoms with van der Waals surface area (Å²) in [5.41, 5.74) is 1.57. The number of rotatable bonds is 3. The van der Waals surface area contributed by atoms with Crippen LogP contribution in [0, 0.1) is 12.7 Å². The Hall–Kier alpha value is -3.55. The summed E-state index contributed by atoms with van der Waals surface area (Å²) in [7, 11) is 1.52. The van der Waals surface area contributed by atoms with Gasteiger partial charge in [-0.15, -0.1) is 0 Å². The summed E-state index contributed by atoms with van der Waals surface area (Å²) in [4.78, 5) is 21.0. The molecule has 0 aliphatic carbocycles. The molecule has 0 N–H and O–H groups in total. The Morgan fingerprint density at radius 2 is 1.92 bits per heavy atom. The summed E-state index contributed by atoms with van der Waals surface area (Å²) in [6.45, 7) is 1.77. The van der Waals surface area contributed by atoms with Crippen molar-refractivity contribution in [3.63, 3.8) is 0 Å². The molecule has 0 saturated heterocycles. The molecule has 0 amide bonds. The van der Waals surface area contributed by atoms with E-state index >= 15 is 0 Å². The fourth-order valence-corrected chi connectivity index (χ4v) is 2.90. The van der Waals surface area contributed by atoms with Gasteiger partial charge in [0.25, 0.3) is 11.5 Å². The maximum atomic E-state index is 14.4. The summed E-state index contributed by atoms with van der Waals surface area (Å²) in [6.07, 6.45) is 6.21. The lowest BCUT2D eigenvalue weighted by Crippen LogP contribution is -2.24. The highest BCUT2D eigenvalue weighted by Gasteiger charge is 2.18. The molecule has 4 aromatic rings. The third-order valence-corrected chi connectivity index (χ3v) is 4.18. The third kappa shape index (κ3) is 2.43. The maximum absolute atomic E-state index is 14.4. The second-order valence-corrected chi connectivity index (χ2v) is 5.67. The fourth-order valence-electron chi connectivity index (χ4n) is 2.90. The van der Waals surface area contributed by atoms with Gasteiger partial charge in [0.1, 0.15) is 23.4 Å². The molecule has 7 nitrogen and oxygen atoms in total. The zero-order valence-corrected chi connectivity index (χ0v) is 14.0. The number of ether oxygens (including phenoxy) is 1. The maximum Gasteiger partial charge on any atom is 0.298 e. The summed E-state index contributed by atoms with van der Waals surface area (Å²) in [5.74, 6) is 0.309. The molecule has 0 atom stereocenters. The second-order valence-electron chi connectivity index (χ2n) is 5.67. The molecule has 8 heteroatoms. The normalized spacial score (nSPS) is 11.0. The monoisotopic (exact) mass is 351 g/mol. The van der Waals surface area contributed by atoms with Gasteiger partial charge in [0.05, 0.1) is 7.11 Å². The Balaban J connectivity index is 1.97. The summed E-state index contributed by atoms with van der Waals surface area (Å²) < 4.78 is 22.2. The van der Waals surface area contributed by atoms with Gasteiger partial charge in [-0.3, -0.25) is 4.79 Å². The van der Waals surface area contributed by atoms with Gasteiger partial charge in [-0.05, 0) is 36.8 Å². The Kier molecular flexibility index (Phi) is 3.72. The van der Waals surface area contributed by atoms with E-state index in [0.29, 0.717) is 28.0 Å². The Bertz CT molecular complexity index is 1170. The van der Waals surface area contributed by atoms with Gasteiger partial charge >= 0.3 is 0 Å². The lowest BCUT2D eigenvalue weighted by atomic mass is 10.0. The number of methoxy groups -OCH3 is 1. The van der Waals surface area contributed by atoms with Crippen LogP contribution in [-0.4, -0.2) is 31.3 Å². The largest absolute Gasteiger partial charge is 0.497 e. The van der Waals surface area contributed by atoms with Crippen LogP contribution in [0.2, 0.25) is 0 Å². The zero-order valence-electron chi connectivity index (χ0n) is 14.0. The van der Waals surface area contributed by atoms with Crippen molar-refractivity contribution in [3.8, 4) is 22.8 Å². The van der Waals surface area contributed by atoms with E-state index in [-0.39, 0.29) is 11.5 Å². The Morgan fingerprint density at radius 3 is 2.65 bits per heavy atom. The van der Waals surface area contributed by atoms with Gasteiger partial charge in [0, 0.05) is 29.7 Å². The van der Waals surface area contributed by atoms with E-state index in [0.717, 1.165) is 4.68 Å². The molecule has 0 aliphatic heterocycles. The number of benzene rings is 1. The van der Waals surface area contributed by atoms with Crippen LogP contribution >= 0.6 is 0 Å². The van der Waals surface area contributed by atoms with E-state index in [9.17, 15) is 9.18 Å². The molecule has 0 fully saturated rings. The Labute approximate surface area is 147 Å². The van der Waals surface area contributed by atoms with Crippen molar-refractivity contribution in [2.75, 3.05) is 7.11 Å². The van der Waals surface area contributed by atoms with E-state index in [4.69, 9.17) is 4.74 Å². The third-order valence-electron chi connectivity index (χ3n) is 4.18. The van der Waals surface area contributed by atoms with Crippen LogP contribution in [0.15, 0.2) is 54.0 Å². The van der Waals surface area contributed by atoms with Crippen molar-refractivity contribution >= 4 is 5.52 Å². The van der Waals surface area contributed by atoms with E-state index in [1.807, 2.05) is 0 Å². The number of fused-ring (bicyclic) bond motifs is 1. The fraction of sp³-hybridized carbons (Fsp3) is 0.111. The molecule has 0 bridgehead atoms. The number of nitrogens with zero attached hydrogens (tertiary/aromatic N) is 5. The predicted molar refractivity (Wildman–Crippen MR) is 93.1 cm³/mol. The summed E-state index contributed by atoms with van der Waals surface area (Å²) in [5, 5.41) is 4.10. The van der Waals surface area contributed by atoms with Crippen molar-refractivity contribution in [1.29, 1.82) is 0 Å². The van der Waals surface area contributed by atoms with Gasteiger partial charge in [-0.2, -0.15) is 9.78 Å². The summed E-state index contributed by atoms with van der Waals surface area (Å²) in [6, 6.07) is 6.14. The molecule has 4 rings (SSSR count). The van der Waals surface area contributed by atoms with E-state index in [1.54, 1.807) is 35.7 Å². The van der Waals surface area contributed by atoms with Gasteiger partial charge in [0.15, 0.2) is 0 Å². The van der Waals surface area contributed by atoms with Gasteiger partial charge < -0.3 is 9.14 Å². The number of aromatic nitrogens is 5. The van der Waals surface area contributed by atoms with Crippen molar-refractivity contribution in [1.82, 2.24) is 24.1 Å². The number of hydrogen-bond donors (Lipinski definition) is 0. The van der Waals surface area contributed by atoms with Crippen LogP contribution in [0.1, 0.15) is 5.56 Å². The van der Waals surface area contributed by atoms with Crippen molar-refractivity contribution in [2.45, 2.75) is 6.92 Å². The van der Waals surface area contributed by atoms with Crippen LogP contribution in [0.4, 0.5) is 4.39 Å². The topological polar surface area (TPSA) is 74.3 Å². The molecule has 26 heavy (non-hydrogen) atoms. The quantitative estimate of drug-likeness (QED) is 0.567. The van der Waals surface area contributed by atoms with Crippen molar-refractivity contribution < 1.29 is 9.13 Å². The van der Waals surface area contributed by atoms with Gasteiger partial charge in [0.2, 0.25) is 0 Å². The first-order valence-corrected chi connectivity index (χ1v) is 7.81. The van der Waals surface area contributed by atoms with Gasteiger partial charge in [-0.1, -0.05) is 0 Å². The number of aryl methyl sites for hydroxylation is 1. The molecular weight excluding hydrogens is 337 g/mol. The van der Waals surface area contributed by atoms with Crippen LogP contribution in [0.5, 0.6) is 5.75 Å². The lowest BCUT2D eigenvalue weighted by Gasteiger charge is -2.05. The smallest absolute Gasteiger partial charge is 0.298 e. The molecule has 130 valence electrons. The molecule has 0 aliphatic rings. The van der Waals surface area contributed by atoms with Crippen LogP contribution in [-0.2, 0) is 0 Å². The molecule has 0 spiro atoms.